The van der Waals surface area contributed by atoms with Crippen LogP contribution in [0.25, 0.3) is 0 Å². The van der Waals surface area contributed by atoms with E-state index in [9.17, 15) is 10.1 Å². The van der Waals surface area contributed by atoms with Crippen molar-refractivity contribution < 1.29 is 4.79 Å². The summed E-state index contributed by atoms with van der Waals surface area (Å²) in [5.74, 6) is 0.150. The summed E-state index contributed by atoms with van der Waals surface area (Å²) in [7, 11) is 0. The first-order valence-corrected chi connectivity index (χ1v) is 8.23. The third-order valence-corrected chi connectivity index (χ3v) is 4.54. The summed E-state index contributed by atoms with van der Waals surface area (Å²) in [6, 6.07) is 2.40. The fourth-order valence-electron chi connectivity index (χ4n) is 3.32. The van der Waals surface area contributed by atoms with Gasteiger partial charge in [0.15, 0.2) is 0 Å². The first-order chi connectivity index (χ1) is 9.79. The standard InChI is InChI=1S/C16H27N3O/c17-13-15(18-14-8-4-1-2-5-9-14)12-16(20)19-10-6-3-7-11-19/h14-15,18H,1-12H2. The third kappa shape index (κ3) is 4.79. The lowest BCUT2D eigenvalue weighted by Gasteiger charge is -2.28. The summed E-state index contributed by atoms with van der Waals surface area (Å²) in [6.07, 6.45) is 11.2. The fourth-order valence-corrected chi connectivity index (χ4v) is 3.32. The number of hydrogen-bond acceptors (Lipinski definition) is 3. The highest BCUT2D eigenvalue weighted by Gasteiger charge is 2.23. The molecule has 1 aliphatic heterocycles. The van der Waals surface area contributed by atoms with Crippen molar-refractivity contribution >= 4 is 5.91 Å². The van der Waals surface area contributed by atoms with Crippen LogP contribution in [0.4, 0.5) is 0 Å². The van der Waals surface area contributed by atoms with Gasteiger partial charge in [-0.05, 0) is 32.1 Å². The summed E-state index contributed by atoms with van der Waals surface area (Å²) >= 11 is 0. The first-order valence-electron chi connectivity index (χ1n) is 8.23. The molecule has 1 N–H and O–H groups in total. The molecule has 0 aromatic carbocycles. The SMILES string of the molecule is N#CC(CC(=O)N1CCCCC1)NC1CCCCCC1. The van der Waals surface area contributed by atoms with Gasteiger partial charge in [0.05, 0.1) is 12.5 Å². The number of nitrogens with zero attached hydrogens (tertiary/aromatic N) is 2. The zero-order valence-electron chi connectivity index (χ0n) is 12.4. The van der Waals surface area contributed by atoms with Crippen molar-refractivity contribution in [1.82, 2.24) is 10.2 Å². The van der Waals surface area contributed by atoms with E-state index in [-0.39, 0.29) is 11.9 Å². The van der Waals surface area contributed by atoms with Gasteiger partial charge in [0.1, 0.15) is 6.04 Å². The summed E-state index contributed by atoms with van der Waals surface area (Å²) in [4.78, 5) is 14.1. The molecule has 112 valence electrons. The van der Waals surface area contributed by atoms with Crippen molar-refractivity contribution in [2.24, 2.45) is 0 Å². The van der Waals surface area contributed by atoms with E-state index >= 15 is 0 Å². The molecule has 0 aromatic rings. The molecule has 4 heteroatoms. The van der Waals surface area contributed by atoms with E-state index in [4.69, 9.17) is 0 Å². The topological polar surface area (TPSA) is 56.1 Å². The van der Waals surface area contributed by atoms with Gasteiger partial charge in [-0.15, -0.1) is 0 Å². The molecule has 2 fully saturated rings. The van der Waals surface area contributed by atoms with Crippen LogP contribution >= 0.6 is 0 Å². The molecular weight excluding hydrogens is 250 g/mol. The van der Waals surface area contributed by atoms with Gasteiger partial charge in [0.2, 0.25) is 5.91 Å². The van der Waals surface area contributed by atoms with Gasteiger partial charge in [-0.2, -0.15) is 5.26 Å². The maximum atomic E-state index is 12.2. The van der Waals surface area contributed by atoms with Gasteiger partial charge in [-0.25, -0.2) is 0 Å². The van der Waals surface area contributed by atoms with Crippen molar-refractivity contribution in [3.63, 3.8) is 0 Å². The quantitative estimate of drug-likeness (QED) is 0.804. The highest BCUT2D eigenvalue weighted by atomic mass is 16.2. The van der Waals surface area contributed by atoms with Gasteiger partial charge in [0, 0.05) is 19.1 Å². The molecule has 0 aromatic heterocycles. The molecule has 1 saturated heterocycles. The molecule has 1 saturated carbocycles. The van der Waals surface area contributed by atoms with Crippen LogP contribution in [-0.4, -0.2) is 36.0 Å². The normalized spacial score (nSPS) is 22.9. The number of nitriles is 1. The molecule has 0 spiro atoms. The summed E-state index contributed by atoms with van der Waals surface area (Å²) in [6.45, 7) is 1.75. The molecule has 1 atom stereocenters. The second-order valence-electron chi connectivity index (χ2n) is 6.18. The average molecular weight is 277 g/mol. The molecule has 1 unspecified atom stereocenters. The van der Waals surface area contributed by atoms with Gasteiger partial charge in [0.25, 0.3) is 0 Å². The minimum Gasteiger partial charge on any atom is -0.343 e. The first kappa shape index (κ1) is 15.3. The lowest BCUT2D eigenvalue weighted by atomic mass is 10.1. The molecule has 2 aliphatic rings. The number of amides is 1. The number of carbonyl (C=O) groups is 1. The molecule has 20 heavy (non-hydrogen) atoms. The van der Waals surface area contributed by atoms with Crippen LogP contribution in [0.15, 0.2) is 0 Å². The van der Waals surface area contributed by atoms with E-state index in [1.807, 2.05) is 4.90 Å². The minimum atomic E-state index is -0.312. The van der Waals surface area contributed by atoms with Gasteiger partial charge < -0.3 is 4.90 Å². The smallest absolute Gasteiger partial charge is 0.225 e. The van der Waals surface area contributed by atoms with Crippen LogP contribution in [0.2, 0.25) is 0 Å². The minimum absolute atomic E-state index is 0.150. The van der Waals surface area contributed by atoms with Crippen LogP contribution in [0, 0.1) is 11.3 Å². The highest BCUT2D eigenvalue weighted by molar-refractivity contribution is 5.77. The molecule has 1 amide bonds. The largest absolute Gasteiger partial charge is 0.343 e. The number of rotatable bonds is 4. The predicted molar refractivity (Wildman–Crippen MR) is 79.1 cm³/mol. The Labute approximate surface area is 122 Å². The number of likely N-dealkylation sites (tertiary alicyclic amines) is 1. The number of carbonyl (C=O) groups excluding carboxylic acids is 1. The zero-order chi connectivity index (χ0) is 14.2. The summed E-state index contributed by atoms with van der Waals surface area (Å²) < 4.78 is 0. The van der Waals surface area contributed by atoms with Gasteiger partial charge in [-0.3, -0.25) is 10.1 Å². The maximum absolute atomic E-state index is 12.2. The van der Waals surface area contributed by atoms with Crippen molar-refractivity contribution in [1.29, 1.82) is 5.26 Å². The van der Waals surface area contributed by atoms with E-state index in [2.05, 4.69) is 11.4 Å². The Bertz CT molecular complexity index is 336. The maximum Gasteiger partial charge on any atom is 0.225 e. The summed E-state index contributed by atoms with van der Waals surface area (Å²) in [5, 5.41) is 12.7. The lowest BCUT2D eigenvalue weighted by molar-refractivity contribution is -0.132. The van der Waals surface area contributed by atoms with Crippen LogP contribution in [0.5, 0.6) is 0 Å². The van der Waals surface area contributed by atoms with E-state index in [0.29, 0.717) is 12.5 Å². The molecule has 1 heterocycles. The van der Waals surface area contributed by atoms with Crippen LogP contribution in [0.1, 0.15) is 64.2 Å². The van der Waals surface area contributed by atoms with Crippen molar-refractivity contribution in [3.05, 3.63) is 0 Å². The second kappa shape index (κ2) is 8.26. The Kier molecular flexibility index (Phi) is 6.32. The number of nitrogens with one attached hydrogen (secondary N) is 1. The van der Waals surface area contributed by atoms with E-state index in [1.165, 1.54) is 32.1 Å². The van der Waals surface area contributed by atoms with Crippen LogP contribution < -0.4 is 5.32 Å². The molecule has 0 bridgehead atoms. The Balaban J connectivity index is 1.78. The van der Waals surface area contributed by atoms with Crippen molar-refractivity contribution in [3.8, 4) is 6.07 Å². The van der Waals surface area contributed by atoms with E-state index in [1.54, 1.807) is 0 Å². The van der Waals surface area contributed by atoms with Crippen molar-refractivity contribution in [2.45, 2.75) is 76.3 Å². The average Bonchev–Trinajstić information content (AvgIpc) is 2.76. The number of hydrogen-bond donors (Lipinski definition) is 1. The Morgan fingerprint density at radius 3 is 2.30 bits per heavy atom. The highest BCUT2D eigenvalue weighted by Crippen LogP contribution is 2.18. The monoisotopic (exact) mass is 277 g/mol. The lowest BCUT2D eigenvalue weighted by Crippen LogP contribution is -2.43. The Morgan fingerprint density at radius 2 is 1.70 bits per heavy atom. The zero-order valence-corrected chi connectivity index (χ0v) is 12.4. The Hall–Kier alpha value is -1.08. The van der Waals surface area contributed by atoms with Gasteiger partial charge >= 0.3 is 0 Å². The van der Waals surface area contributed by atoms with Gasteiger partial charge in [-0.1, -0.05) is 25.7 Å². The molecule has 2 rings (SSSR count). The third-order valence-electron chi connectivity index (χ3n) is 4.54. The fraction of sp³-hybridized carbons (Fsp3) is 0.875. The summed E-state index contributed by atoms with van der Waals surface area (Å²) in [5.41, 5.74) is 0. The van der Waals surface area contributed by atoms with Crippen molar-refractivity contribution in [2.75, 3.05) is 13.1 Å². The Morgan fingerprint density at radius 1 is 1.10 bits per heavy atom. The van der Waals surface area contributed by atoms with E-state index < -0.39 is 0 Å². The molecule has 0 radical (unpaired) electrons. The number of piperidine rings is 1. The molecule has 1 aliphatic carbocycles. The molecule has 4 nitrogen and oxygen atoms in total. The molecular formula is C16H27N3O. The van der Waals surface area contributed by atoms with E-state index in [0.717, 1.165) is 38.8 Å². The predicted octanol–water partition coefficient (Wildman–Crippen LogP) is 2.59. The second-order valence-corrected chi connectivity index (χ2v) is 6.18. The van der Waals surface area contributed by atoms with Crippen LogP contribution in [-0.2, 0) is 4.79 Å². The van der Waals surface area contributed by atoms with Crippen LogP contribution in [0.3, 0.4) is 0 Å².